The predicted octanol–water partition coefficient (Wildman–Crippen LogP) is 6.34. The van der Waals surface area contributed by atoms with E-state index in [4.69, 9.17) is 16.3 Å². The molecule has 0 N–H and O–H groups in total. The van der Waals surface area contributed by atoms with Crippen LogP contribution in [-0.2, 0) is 11.3 Å². The fourth-order valence-electron chi connectivity index (χ4n) is 2.87. The molecule has 0 aromatic heterocycles. The number of carbonyl (C=O) groups excluding carboxylic acids is 1. The fourth-order valence-corrected chi connectivity index (χ4v) is 3.67. The molecule has 0 saturated heterocycles. The number of rotatable bonds is 6. The van der Waals surface area contributed by atoms with Crippen molar-refractivity contribution in [2.24, 2.45) is 0 Å². The van der Waals surface area contributed by atoms with Crippen molar-refractivity contribution < 1.29 is 9.53 Å². The minimum Gasteiger partial charge on any atom is -0.478 e. The maximum atomic E-state index is 13.6. The highest BCUT2D eigenvalue weighted by atomic mass is 127. The molecule has 3 nitrogen and oxygen atoms in total. The normalized spacial score (nSPS) is 11.1. The smallest absolute Gasteiger partial charge is 0.270 e. The minimum absolute atomic E-state index is 0.115. The molecule has 0 heterocycles. The Kier molecular flexibility index (Phi) is 6.62. The molecule has 1 amide bonds. The van der Waals surface area contributed by atoms with E-state index in [0.717, 1.165) is 14.8 Å². The van der Waals surface area contributed by atoms with Gasteiger partial charge in [0.15, 0.2) is 5.60 Å². The van der Waals surface area contributed by atoms with Crippen molar-refractivity contribution in [2.75, 3.05) is 4.90 Å². The van der Waals surface area contributed by atoms with E-state index < -0.39 is 5.60 Å². The van der Waals surface area contributed by atoms with Gasteiger partial charge in [0.25, 0.3) is 5.91 Å². The number of hydrogen-bond acceptors (Lipinski definition) is 2. The molecule has 0 saturated carbocycles. The molecule has 0 bridgehead atoms. The van der Waals surface area contributed by atoms with Crippen molar-refractivity contribution in [1.29, 1.82) is 0 Å². The van der Waals surface area contributed by atoms with E-state index in [9.17, 15) is 4.79 Å². The second-order valence-corrected chi connectivity index (χ2v) is 8.49. The number of anilines is 1. The first-order chi connectivity index (χ1) is 13.4. The lowest BCUT2D eigenvalue weighted by molar-refractivity contribution is -0.131. The molecular weight excluding hydrogens is 485 g/mol. The number of carbonyl (C=O) groups is 1. The third kappa shape index (κ3) is 5.06. The molecule has 0 aliphatic heterocycles. The Balaban J connectivity index is 1.92. The quantitative estimate of drug-likeness (QED) is 0.366. The third-order valence-electron chi connectivity index (χ3n) is 4.27. The van der Waals surface area contributed by atoms with Crippen LogP contribution in [0.4, 0.5) is 5.69 Å². The summed E-state index contributed by atoms with van der Waals surface area (Å²) in [6, 6.07) is 24.8. The summed E-state index contributed by atoms with van der Waals surface area (Å²) in [6.45, 7) is 4.04. The summed E-state index contributed by atoms with van der Waals surface area (Å²) in [5.74, 6) is 0.487. The second kappa shape index (κ2) is 8.97. The average Bonchev–Trinajstić information content (AvgIpc) is 2.69. The van der Waals surface area contributed by atoms with Crippen molar-refractivity contribution in [2.45, 2.75) is 26.0 Å². The first-order valence-electron chi connectivity index (χ1n) is 8.92. The average molecular weight is 506 g/mol. The molecule has 28 heavy (non-hydrogen) atoms. The Morgan fingerprint density at radius 3 is 2.21 bits per heavy atom. The monoisotopic (exact) mass is 505 g/mol. The largest absolute Gasteiger partial charge is 0.478 e. The fraction of sp³-hybridized carbons (Fsp3) is 0.174. The Hall–Kier alpha value is -2.05. The zero-order valence-electron chi connectivity index (χ0n) is 15.7. The lowest BCUT2D eigenvalue weighted by Gasteiger charge is -2.33. The number of halogens is 2. The summed E-state index contributed by atoms with van der Waals surface area (Å²) in [6.07, 6.45) is 0. The molecule has 144 valence electrons. The molecule has 0 spiro atoms. The topological polar surface area (TPSA) is 29.5 Å². The molecule has 5 heteroatoms. The van der Waals surface area contributed by atoms with Crippen molar-refractivity contribution in [3.8, 4) is 5.75 Å². The molecule has 3 rings (SSSR count). The van der Waals surface area contributed by atoms with E-state index in [1.165, 1.54) is 0 Å². The first kappa shape index (κ1) is 20.7. The lowest BCUT2D eigenvalue weighted by atomic mass is 10.1. The Morgan fingerprint density at radius 1 is 0.964 bits per heavy atom. The van der Waals surface area contributed by atoms with Gasteiger partial charge in [0.2, 0.25) is 0 Å². The number of amides is 1. The van der Waals surface area contributed by atoms with E-state index in [1.807, 2.05) is 54.6 Å². The van der Waals surface area contributed by atoms with Gasteiger partial charge >= 0.3 is 0 Å². The molecule has 0 fully saturated rings. The molecular formula is C23H21ClINO2. The molecule has 3 aromatic carbocycles. The highest BCUT2D eigenvalue weighted by Gasteiger charge is 2.35. The Bertz CT molecular complexity index is 942. The molecule has 0 aliphatic rings. The summed E-state index contributed by atoms with van der Waals surface area (Å²) in [5, 5.41) is 0.626. The van der Waals surface area contributed by atoms with Gasteiger partial charge in [-0.2, -0.15) is 0 Å². The van der Waals surface area contributed by atoms with Crippen LogP contribution in [-0.4, -0.2) is 11.5 Å². The van der Waals surface area contributed by atoms with Gasteiger partial charge < -0.3 is 9.64 Å². The summed E-state index contributed by atoms with van der Waals surface area (Å²) in [5.41, 5.74) is 0.865. The molecule has 0 radical (unpaired) electrons. The van der Waals surface area contributed by atoms with Crippen molar-refractivity contribution in [3.63, 3.8) is 0 Å². The Labute approximate surface area is 184 Å². The molecule has 0 atom stereocenters. The van der Waals surface area contributed by atoms with Crippen LogP contribution in [0.3, 0.4) is 0 Å². The molecule has 0 unspecified atom stereocenters. The van der Waals surface area contributed by atoms with Crippen molar-refractivity contribution >= 4 is 45.8 Å². The van der Waals surface area contributed by atoms with Crippen LogP contribution in [0.1, 0.15) is 19.4 Å². The number of ether oxygens (including phenoxy) is 1. The highest BCUT2D eigenvalue weighted by Crippen LogP contribution is 2.29. The lowest BCUT2D eigenvalue weighted by Crippen LogP contribution is -2.49. The third-order valence-corrected chi connectivity index (χ3v) is 5.44. The standard InChI is InChI=1S/C23H21ClINO2/c1-23(2,28-19-14-12-18(24)13-15-19)22(27)26(16-17-8-4-3-5-9-17)21-11-7-6-10-20(21)25/h3-15H,16H2,1-2H3. The second-order valence-electron chi connectivity index (χ2n) is 6.89. The number of benzene rings is 3. The van der Waals surface area contributed by atoms with Crippen LogP contribution < -0.4 is 9.64 Å². The summed E-state index contributed by atoms with van der Waals surface area (Å²) in [7, 11) is 0. The molecule has 0 aliphatic carbocycles. The summed E-state index contributed by atoms with van der Waals surface area (Å²) < 4.78 is 7.05. The van der Waals surface area contributed by atoms with Gasteiger partial charge in [-0.05, 0) is 78.4 Å². The van der Waals surface area contributed by atoms with E-state index >= 15 is 0 Å². The first-order valence-corrected chi connectivity index (χ1v) is 10.4. The van der Waals surface area contributed by atoms with Crippen LogP contribution in [0.15, 0.2) is 78.9 Å². The van der Waals surface area contributed by atoms with Gasteiger partial charge in [0, 0.05) is 8.59 Å². The van der Waals surface area contributed by atoms with Gasteiger partial charge in [-0.1, -0.05) is 54.1 Å². The van der Waals surface area contributed by atoms with Gasteiger partial charge in [-0.25, -0.2) is 0 Å². The van der Waals surface area contributed by atoms with Crippen LogP contribution in [0.2, 0.25) is 5.02 Å². The van der Waals surface area contributed by atoms with Crippen molar-refractivity contribution in [1.82, 2.24) is 0 Å². The van der Waals surface area contributed by atoms with E-state index in [1.54, 1.807) is 43.0 Å². The van der Waals surface area contributed by atoms with Crippen LogP contribution >= 0.6 is 34.2 Å². The van der Waals surface area contributed by atoms with Crippen LogP contribution in [0.5, 0.6) is 5.75 Å². The van der Waals surface area contributed by atoms with E-state index in [-0.39, 0.29) is 5.91 Å². The van der Waals surface area contributed by atoms with Gasteiger partial charge in [0.1, 0.15) is 5.75 Å². The Morgan fingerprint density at radius 2 is 1.57 bits per heavy atom. The zero-order chi connectivity index (χ0) is 20.1. The summed E-state index contributed by atoms with van der Waals surface area (Å²) in [4.78, 5) is 15.3. The SMILES string of the molecule is CC(C)(Oc1ccc(Cl)cc1)C(=O)N(Cc1ccccc1)c1ccccc1I. The maximum Gasteiger partial charge on any atom is 0.270 e. The number of hydrogen-bond donors (Lipinski definition) is 0. The highest BCUT2D eigenvalue weighted by molar-refractivity contribution is 14.1. The number of para-hydroxylation sites is 1. The van der Waals surface area contributed by atoms with Crippen LogP contribution in [0.25, 0.3) is 0 Å². The molecule has 3 aromatic rings. The van der Waals surface area contributed by atoms with Gasteiger partial charge in [-0.3, -0.25) is 4.79 Å². The van der Waals surface area contributed by atoms with E-state index in [0.29, 0.717) is 17.3 Å². The predicted molar refractivity (Wildman–Crippen MR) is 123 cm³/mol. The van der Waals surface area contributed by atoms with Crippen LogP contribution in [0, 0.1) is 3.57 Å². The maximum absolute atomic E-state index is 13.6. The number of nitrogens with zero attached hydrogens (tertiary/aromatic N) is 1. The minimum atomic E-state index is -1.05. The zero-order valence-corrected chi connectivity index (χ0v) is 18.6. The van der Waals surface area contributed by atoms with Gasteiger partial charge in [0.05, 0.1) is 12.2 Å². The summed E-state index contributed by atoms with van der Waals surface area (Å²) >= 11 is 8.21. The van der Waals surface area contributed by atoms with E-state index in [2.05, 4.69) is 22.6 Å². The van der Waals surface area contributed by atoms with Gasteiger partial charge in [-0.15, -0.1) is 0 Å². The van der Waals surface area contributed by atoms with Crippen molar-refractivity contribution in [3.05, 3.63) is 93.0 Å².